The Bertz CT molecular complexity index is 157. The lowest BCUT2D eigenvalue weighted by atomic mass is 9.86. The van der Waals surface area contributed by atoms with Crippen molar-refractivity contribution in [1.82, 2.24) is 0 Å². The summed E-state index contributed by atoms with van der Waals surface area (Å²) in [6, 6.07) is 0. The van der Waals surface area contributed by atoms with Crippen LogP contribution in [0.25, 0.3) is 0 Å². The maximum Gasteiger partial charge on any atom is 0.158 e. The van der Waals surface area contributed by atoms with Gasteiger partial charge >= 0.3 is 0 Å². The highest BCUT2D eigenvalue weighted by Crippen LogP contribution is 2.24. The van der Waals surface area contributed by atoms with Crippen LogP contribution >= 0.6 is 0 Å². The maximum atomic E-state index is 11.2. The first kappa shape index (κ1) is 6.14. The molecule has 10 heavy (non-hydrogen) atoms. The topological polar surface area (TPSA) is 17.1 Å². The molecular formula is C9H14O. The molecule has 0 aromatic rings. The molecule has 0 atom stereocenters. The molecule has 0 bridgehead atoms. The maximum absolute atomic E-state index is 11.2. The lowest BCUT2D eigenvalue weighted by Gasteiger charge is -2.18. The molecular weight excluding hydrogens is 124 g/mol. The largest absolute Gasteiger partial charge is 0.295 e. The molecule has 1 rings (SSSR count). The highest BCUT2D eigenvalue weighted by Gasteiger charge is 2.17. The number of rotatable bonds is 2. The normalized spacial score (nSPS) is 23.0. The van der Waals surface area contributed by atoms with Crippen molar-refractivity contribution < 1.29 is 6.17 Å². The molecule has 1 aliphatic carbocycles. The molecule has 1 saturated carbocycles. The molecule has 0 heterocycles. The van der Waals surface area contributed by atoms with Gasteiger partial charge in [-0.15, -0.1) is 0 Å². The van der Waals surface area contributed by atoms with Gasteiger partial charge < -0.3 is 0 Å². The molecule has 0 aromatic heterocycles. The van der Waals surface area contributed by atoms with Gasteiger partial charge in [0.1, 0.15) is 0 Å². The second-order valence-electron chi connectivity index (χ2n) is 2.90. The first-order valence-electron chi connectivity index (χ1n) is 4.51. The molecule has 0 spiro atoms. The quantitative estimate of drug-likeness (QED) is 0.538. The minimum absolute atomic E-state index is 0.153. The molecule has 1 nitrogen and oxygen atoms in total. The highest BCUT2D eigenvalue weighted by atomic mass is 16.1. The van der Waals surface area contributed by atoms with Crippen LogP contribution in [0.15, 0.2) is 12.6 Å². The fraction of sp³-hybridized carbons (Fsp3) is 0.667. The number of hydrogen-bond acceptors (Lipinski definition) is 1. The average molecular weight is 140 g/mol. The number of ketones is 1. The van der Waals surface area contributed by atoms with E-state index in [9.17, 15) is 4.79 Å². The summed E-state index contributed by atoms with van der Waals surface area (Å²) < 4.78 is 6.75. The Morgan fingerprint density at radius 3 is 2.80 bits per heavy atom. The molecule has 0 amide bonds. The first-order chi connectivity index (χ1) is 5.34. The molecule has 0 aromatic carbocycles. The summed E-state index contributed by atoms with van der Waals surface area (Å²) in [4.78, 5) is 11.2. The Labute approximate surface area is 63.5 Å². The van der Waals surface area contributed by atoms with Gasteiger partial charge in [-0.1, -0.05) is 25.8 Å². The number of allylic oxidation sites excluding steroid dienone is 1. The summed E-state index contributed by atoms with van der Waals surface area (Å²) in [5.41, 5.74) is 0. The summed E-state index contributed by atoms with van der Waals surface area (Å²) in [7, 11) is 0. The molecule has 1 aliphatic rings. The zero-order valence-corrected chi connectivity index (χ0v) is 6.18. The molecule has 56 valence electrons. The van der Waals surface area contributed by atoms with Crippen molar-refractivity contribution in [2.75, 3.05) is 0 Å². The van der Waals surface area contributed by atoms with E-state index in [0.29, 0.717) is 0 Å². The van der Waals surface area contributed by atoms with Crippen LogP contribution in [0.1, 0.15) is 33.5 Å². The van der Waals surface area contributed by atoms with Crippen LogP contribution < -0.4 is 0 Å². The zero-order valence-electron chi connectivity index (χ0n) is 7.18. The van der Waals surface area contributed by atoms with Crippen molar-refractivity contribution in [3.8, 4) is 0 Å². The van der Waals surface area contributed by atoms with Gasteiger partial charge in [-0.2, -0.15) is 0 Å². The van der Waals surface area contributed by atoms with Crippen LogP contribution in [0.2, 0.25) is 0 Å². The van der Waals surface area contributed by atoms with Crippen LogP contribution in [-0.2, 0) is 4.79 Å². The summed E-state index contributed by atoms with van der Waals surface area (Å²) in [6.45, 7) is 1.09. The van der Waals surface area contributed by atoms with Crippen LogP contribution in [0.5, 0.6) is 0 Å². The fourth-order valence-corrected chi connectivity index (χ4v) is 1.52. The Morgan fingerprint density at radius 1 is 1.50 bits per heavy atom. The van der Waals surface area contributed by atoms with E-state index in [1.807, 2.05) is 0 Å². The number of carbonyl (C=O) groups excluding carboxylic acids is 1. The smallest absolute Gasteiger partial charge is 0.158 e. The fourth-order valence-electron chi connectivity index (χ4n) is 1.52. The summed E-state index contributed by atoms with van der Waals surface area (Å²) in [6.07, 6.45) is 7.08. The van der Waals surface area contributed by atoms with Crippen molar-refractivity contribution in [3.05, 3.63) is 12.6 Å². The van der Waals surface area contributed by atoms with Crippen molar-refractivity contribution >= 4 is 5.78 Å². The molecule has 0 aliphatic heterocycles. The van der Waals surface area contributed by atoms with Gasteiger partial charge in [0.15, 0.2) is 5.78 Å². The van der Waals surface area contributed by atoms with Crippen molar-refractivity contribution in [2.24, 2.45) is 5.92 Å². The van der Waals surface area contributed by atoms with Crippen molar-refractivity contribution in [3.63, 3.8) is 0 Å². The van der Waals surface area contributed by atoms with Gasteiger partial charge in [-0.25, -0.2) is 0 Å². The molecule has 1 heteroatoms. The monoisotopic (exact) mass is 140 g/mol. The van der Waals surface area contributed by atoms with E-state index in [0.717, 1.165) is 19.4 Å². The number of carbonyl (C=O) groups is 1. The van der Waals surface area contributed by atoms with Crippen LogP contribution in [0.3, 0.4) is 0 Å². The van der Waals surface area contributed by atoms with Crippen LogP contribution in [0.4, 0.5) is 0 Å². The average Bonchev–Trinajstić information content (AvgIpc) is 2.07. The van der Waals surface area contributed by atoms with E-state index in [-0.39, 0.29) is 11.7 Å². The highest BCUT2D eigenvalue weighted by molar-refractivity contribution is 5.91. The van der Waals surface area contributed by atoms with Crippen molar-refractivity contribution in [2.45, 2.75) is 32.1 Å². The van der Waals surface area contributed by atoms with Crippen molar-refractivity contribution in [1.29, 1.82) is 0 Å². The standard InChI is InChI=1S/C9H14O/c1-2-9(10)8-6-4-3-5-7-8/h2,8H,1,3-7H2/i1T. The molecule has 0 radical (unpaired) electrons. The van der Waals surface area contributed by atoms with E-state index in [1.54, 1.807) is 0 Å². The third-order valence-corrected chi connectivity index (χ3v) is 2.17. The van der Waals surface area contributed by atoms with E-state index in [1.165, 1.54) is 25.3 Å². The zero-order chi connectivity index (χ0) is 8.10. The minimum atomic E-state index is 0.153. The Morgan fingerprint density at radius 2 is 2.20 bits per heavy atom. The van der Waals surface area contributed by atoms with E-state index >= 15 is 0 Å². The predicted molar refractivity (Wildman–Crippen MR) is 41.8 cm³/mol. The second kappa shape index (κ2) is 3.55. The summed E-state index contributed by atoms with van der Waals surface area (Å²) in [5.74, 6) is 0.380. The second-order valence-corrected chi connectivity index (χ2v) is 2.90. The minimum Gasteiger partial charge on any atom is -0.295 e. The van der Waals surface area contributed by atoms with Gasteiger partial charge in [0.25, 0.3) is 0 Å². The van der Waals surface area contributed by atoms with Gasteiger partial charge in [0, 0.05) is 5.92 Å². The third kappa shape index (κ3) is 1.69. The lowest BCUT2D eigenvalue weighted by molar-refractivity contribution is -0.119. The van der Waals surface area contributed by atoms with Crippen LogP contribution in [-0.4, -0.2) is 5.78 Å². The SMILES string of the molecule is [3H]C=CC(=O)C1CCCCC1. The van der Waals surface area contributed by atoms with E-state index in [4.69, 9.17) is 1.37 Å². The first-order valence-corrected chi connectivity index (χ1v) is 3.93. The predicted octanol–water partition coefficient (Wildman–Crippen LogP) is 2.32. The van der Waals surface area contributed by atoms with Gasteiger partial charge in [0.05, 0.1) is 1.37 Å². The van der Waals surface area contributed by atoms with Crippen LogP contribution in [0, 0.1) is 5.92 Å². The Kier molecular flexibility index (Phi) is 2.18. The van der Waals surface area contributed by atoms with Gasteiger partial charge in [-0.05, 0) is 18.9 Å². The summed E-state index contributed by atoms with van der Waals surface area (Å²) >= 11 is 0. The van der Waals surface area contributed by atoms with E-state index in [2.05, 4.69) is 0 Å². The molecule has 0 unspecified atom stereocenters. The van der Waals surface area contributed by atoms with Gasteiger partial charge in [0.2, 0.25) is 0 Å². The molecule has 0 N–H and O–H groups in total. The Balaban J connectivity index is 2.38. The molecule has 0 saturated heterocycles. The Hall–Kier alpha value is -0.590. The lowest BCUT2D eigenvalue weighted by Crippen LogP contribution is -2.14. The summed E-state index contributed by atoms with van der Waals surface area (Å²) in [5, 5.41) is 0. The van der Waals surface area contributed by atoms with Gasteiger partial charge in [-0.3, -0.25) is 4.79 Å². The van der Waals surface area contributed by atoms with E-state index < -0.39 is 0 Å². The third-order valence-electron chi connectivity index (χ3n) is 2.17. The molecule has 1 fully saturated rings. The number of hydrogen-bond donors (Lipinski definition) is 0.